The van der Waals surface area contributed by atoms with Gasteiger partial charge in [0, 0.05) is 27.0 Å². The zero-order valence-electron chi connectivity index (χ0n) is 47.1. The Morgan fingerprint density at radius 2 is 1.34 bits per heavy atom. The second kappa shape index (κ2) is 30.3. The highest BCUT2D eigenvalue weighted by Crippen LogP contribution is 2.53. The number of anilines is 2. The van der Waals surface area contributed by atoms with Gasteiger partial charge in [-0.1, -0.05) is 5.21 Å². The van der Waals surface area contributed by atoms with Gasteiger partial charge >= 0.3 is 29.6 Å². The van der Waals surface area contributed by atoms with Crippen LogP contribution in [0.3, 0.4) is 0 Å². The number of nitrogens with one attached hydrogen (secondary N) is 1. The zero-order chi connectivity index (χ0) is 61.9. The second-order valence-electron chi connectivity index (χ2n) is 20.0. The van der Waals surface area contributed by atoms with E-state index in [4.69, 9.17) is 67.6 Å². The molecular formula is C46H71N14O24P3. The number of aryl methyl sites for hydroxylation is 1. The minimum atomic E-state index is -4.76. The molecule has 7 heterocycles. The molecule has 14 atom stereocenters. The van der Waals surface area contributed by atoms with Crippen LogP contribution in [0.4, 0.5) is 16.4 Å². The average molecular weight is 1300 g/mol. The van der Waals surface area contributed by atoms with Gasteiger partial charge in [-0.25, -0.2) is 48.1 Å². The maximum atomic E-state index is 12.8. The lowest BCUT2D eigenvalue weighted by Crippen LogP contribution is -2.60. The van der Waals surface area contributed by atoms with Crippen LogP contribution in [0.25, 0.3) is 22.2 Å². The molecule has 87 heavy (non-hydrogen) atoms. The molecule has 1 saturated carbocycles. The van der Waals surface area contributed by atoms with E-state index in [1.165, 1.54) is 34.3 Å². The number of rotatable bonds is 34. The number of aromatic nitrogens is 10. The van der Waals surface area contributed by atoms with Gasteiger partial charge in [0.15, 0.2) is 36.4 Å². The zero-order valence-corrected chi connectivity index (χ0v) is 49.8. The summed E-state index contributed by atoms with van der Waals surface area (Å²) in [6, 6.07) is 1.57. The van der Waals surface area contributed by atoms with Crippen molar-refractivity contribution >= 4 is 63.4 Å². The van der Waals surface area contributed by atoms with Crippen LogP contribution >= 0.6 is 23.5 Å². The summed E-state index contributed by atoms with van der Waals surface area (Å²) in [5, 5.41) is 46.1. The molecule has 0 radical (unpaired) electrons. The molecule has 11 N–H and O–H groups in total. The molecule has 1 amide bonds. The Labute approximate surface area is 495 Å². The van der Waals surface area contributed by atoms with Gasteiger partial charge in [0.1, 0.15) is 54.1 Å². The molecule has 0 bridgehead atoms. The maximum Gasteiger partial charge on any atom is 0.472 e. The molecule has 2 aliphatic heterocycles. The van der Waals surface area contributed by atoms with Crippen molar-refractivity contribution in [1.82, 2.24) is 59.4 Å². The number of hydrogen-bond acceptors (Lipinski definition) is 31. The van der Waals surface area contributed by atoms with Gasteiger partial charge in [-0.2, -0.15) is 0 Å². The maximum absolute atomic E-state index is 12.8. The number of phosphoric acid groups is 3. The van der Waals surface area contributed by atoms with Crippen LogP contribution in [-0.4, -0.2) is 234 Å². The average Bonchev–Trinajstić information content (AvgIpc) is 1.93. The Morgan fingerprint density at radius 1 is 0.701 bits per heavy atom. The van der Waals surface area contributed by atoms with Crippen LogP contribution < -0.4 is 16.8 Å². The van der Waals surface area contributed by atoms with Crippen LogP contribution in [0.1, 0.15) is 36.7 Å². The van der Waals surface area contributed by atoms with Gasteiger partial charge in [-0.05, 0) is 49.5 Å². The SMILES string of the molecule is COP(=O)(O)OC[C@H]1OC(n2cnc3c(N)ncnc32)C(O)N(OCCOCCOCCOCCn2nnc3c2CCC2C(CC3)C2COC(=O)NCCOCCOP(=O)(O)OC[C@@H]2O[C@H](n3ccc4c(N)ncnc43)C(O)[C@@H]2OP(=O)(O)OC)C1O. The monoisotopic (exact) mass is 1300 g/mol. The minimum absolute atomic E-state index is 0.0269. The van der Waals surface area contributed by atoms with E-state index in [9.17, 15) is 48.5 Å². The Kier molecular flexibility index (Phi) is 23.1. The number of ether oxygens (including phenoxy) is 7. The number of carbonyl (C=O) groups is 1. The number of imidazole rings is 1. The first-order chi connectivity index (χ1) is 41.8. The number of carbonyl (C=O) groups excluding carboxylic acids is 1. The fraction of sp³-hybridized carbons (Fsp3) is 0.696. The van der Waals surface area contributed by atoms with E-state index in [0.717, 1.165) is 56.4 Å². The van der Waals surface area contributed by atoms with Crippen molar-refractivity contribution in [2.75, 3.05) is 118 Å². The van der Waals surface area contributed by atoms with Gasteiger partial charge in [-0.3, -0.25) is 36.5 Å². The lowest BCUT2D eigenvalue weighted by atomic mass is 10.0. The molecule has 3 fully saturated rings. The van der Waals surface area contributed by atoms with E-state index in [1.54, 1.807) is 6.07 Å². The van der Waals surface area contributed by atoms with Crippen LogP contribution in [0.5, 0.6) is 0 Å². The molecule has 0 aromatic carbocycles. The Balaban J connectivity index is 0.596. The van der Waals surface area contributed by atoms with Gasteiger partial charge in [0.2, 0.25) is 0 Å². The minimum Gasteiger partial charge on any atom is -0.449 e. The fourth-order valence-electron chi connectivity index (χ4n) is 10.2. The number of nitrogens with two attached hydrogens (primary N) is 2. The van der Waals surface area contributed by atoms with Crippen molar-refractivity contribution in [1.29, 1.82) is 0 Å². The first-order valence-electron chi connectivity index (χ1n) is 27.4. The summed E-state index contributed by atoms with van der Waals surface area (Å²) >= 11 is 0. The molecule has 5 aromatic rings. The number of amides is 1. The van der Waals surface area contributed by atoms with Gasteiger partial charge < -0.3 is 84.5 Å². The number of hydrogen-bond donors (Lipinski definition) is 9. The molecule has 4 aliphatic rings. The molecule has 2 saturated heterocycles. The molecule has 38 nitrogen and oxygen atoms in total. The van der Waals surface area contributed by atoms with Crippen LogP contribution in [0.15, 0.2) is 31.2 Å². The molecule has 41 heteroatoms. The molecule has 5 aromatic heterocycles. The summed E-state index contributed by atoms with van der Waals surface area (Å²) in [7, 11) is -12.0. The highest BCUT2D eigenvalue weighted by atomic mass is 31.2. The summed E-state index contributed by atoms with van der Waals surface area (Å²) in [4.78, 5) is 68.7. The van der Waals surface area contributed by atoms with Crippen molar-refractivity contribution in [2.45, 2.75) is 81.6 Å². The number of nitrogen functional groups attached to an aromatic ring is 2. The van der Waals surface area contributed by atoms with E-state index in [0.29, 0.717) is 43.6 Å². The Morgan fingerprint density at radius 3 is 2.09 bits per heavy atom. The molecule has 2 aliphatic carbocycles. The third kappa shape index (κ3) is 17.1. The molecular weight excluding hydrogens is 1230 g/mol. The Hall–Kier alpha value is -4.93. The van der Waals surface area contributed by atoms with Gasteiger partial charge in [0.25, 0.3) is 0 Å². The number of aliphatic hydroxyl groups is 3. The van der Waals surface area contributed by atoms with Crippen molar-refractivity contribution in [3.05, 3.63) is 42.6 Å². The number of hydroxylamine groups is 2. The lowest BCUT2D eigenvalue weighted by molar-refractivity contribution is -0.391. The number of aliphatic hydroxyl groups excluding tert-OH is 3. The van der Waals surface area contributed by atoms with Crippen LogP contribution in [0.2, 0.25) is 0 Å². The summed E-state index contributed by atoms with van der Waals surface area (Å²) < 4.78 is 111. The summed E-state index contributed by atoms with van der Waals surface area (Å²) in [6.45, 7) is 0.269. The topological polar surface area (TPSA) is 491 Å². The fourth-order valence-corrected chi connectivity index (χ4v) is 12.1. The third-order valence-electron chi connectivity index (χ3n) is 14.6. The van der Waals surface area contributed by atoms with E-state index in [1.807, 2.05) is 4.68 Å². The smallest absolute Gasteiger partial charge is 0.449 e. The first kappa shape index (κ1) is 66.5. The summed E-state index contributed by atoms with van der Waals surface area (Å²) in [5.74, 6) is 1.22. The van der Waals surface area contributed by atoms with Crippen LogP contribution in [0, 0.1) is 17.8 Å². The van der Waals surface area contributed by atoms with Gasteiger partial charge in [0.05, 0.1) is 116 Å². The molecule has 484 valence electrons. The summed E-state index contributed by atoms with van der Waals surface area (Å²) in [6.07, 6.45) is -3.94. The normalized spacial score (nSPS) is 27.0. The standard InChI is InChI=1S/C46H71N14O24P3/c1-71-85(65,66)80-23-34-42(62)60(43(63)45(83-34)58-26-54-35-39(48)51-25-53-41(35)58)78-19-17-76-16-15-75-14-13-74-12-10-59-32-6-4-28-27(3-5-31(32)55-56-59)30(28)21-77-46(64)49-8-11-73-18-20-79-87(69,70)81-22-33-37(84-86(67,68)72-2)36(61)44(82-33)57-9-7-29-38(47)50-24-52-40(29)57/h7,9,24-28,30,33-34,36-37,42-45,61-63H,3-6,8,10-23H2,1-2H3,(H,49,64)(H,65,66)(H,67,68)(H,69,70)(H2,47,50,52)(H2,48,51,53)/t27?,28?,30?,33-,34+,36?,37+,42?,43?,44-,45?/m0/s1. The highest BCUT2D eigenvalue weighted by molar-refractivity contribution is 7.47. The van der Waals surface area contributed by atoms with Crippen molar-refractivity contribution in [3.8, 4) is 0 Å². The highest BCUT2D eigenvalue weighted by Gasteiger charge is 2.52. The first-order valence-corrected chi connectivity index (χ1v) is 31.9. The number of alkyl carbamates (subject to hydrolysis) is 1. The summed E-state index contributed by atoms with van der Waals surface area (Å²) in [5.41, 5.74) is 14.5. The lowest BCUT2D eigenvalue weighted by Gasteiger charge is -2.44. The molecule has 9 rings (SSSR count). The Bertz CT molecular complexity index is 3200. The van der Waals surface area contributed by atoms with Gasteiger partial charge in [-0.15, -0.1) is 10.2 Å². The van der Waals surface area contributed by atoms with Crippen molar-refractivity contribution in [3.63, 3.8) is 0 Å². The predicted octanol–water partition coefficient (Wildman–Crippen LogP) is -0.684. The van der Waals surface area contributed by atoms with E-state index in [2.05, 4.69) is 49.6 Å². The van der Waals surface area contributed by atoms with Crippen LogP contribution in [-0.2, 0) is 98.2 Å². The predicted molar refractivity (Wildman–Crippen MR) is 291 cm³/mol. The molecule has 10 unspecified atom stereocenters. The number of morpholine rings is 1. The third-order valence-corrected chi connectivity index (χ3v) is 17.5. The number of phosphoric ester groups is 3. The van der Waals surface area contributed by atoms with E-state index < -0.39 is 98.7 Å². The van der Waals surface area contributed by atoms with Crippen molar-refractivity contribution in [2.24, 2.45) is 17.8 Å². The molecule has 0 spiro atoms. The largest absolute Gasteiger partial charge is 0.472 e. The van der Waals surface area contributed by atoms with Crippen molar-refractivity contribution < 1.29 is 114 Å². The number of nitrogens with zero attached hydrogens (tertiary/aromatic N) is 11. The van der Waals surface area contributed by atoms with E-state index in [-0.39, 0.29) is 87.2 Å². The second-order valence-corrected chi connectivity index (χ2v) is 24.5. The quantitative estimate of drug-likeness (QED) is 0.0182. The van der Waals surface area contributed by atoms with E-state index >= 15 is 0 Å². The number of fused-ring (bicyclic) bond motifs is 4.